The number of ether oxygens (including phenoxy) is 1. The van der Waals surface area contributed by atoms with Crippen molar-refractivity contribution >= 4 is 29.6 Å². The van der Waals surface area contributed by atoms with Crippen LogP contribution in [-0.4, -0.2) is 23.9 Å². The van der Waals surface area contributed by atoms with Gasteiger partial charge in [0.2, 0.25) is 0 Å². The number of hydrogen-bond donors (Lipinski definition) is 1. The maximum Gasteiger partial charge on any atom is 0.329 e. The number of amides is 3. The van der Waals surface area contributed by atoms with Crippen molar-refractivity contribution in [1.29, 1.82) is 0 Å². The molecule has 0 radical (unpaired) electrons. The number of nitrogens with one attached hydrogen (secondary N) is 1. The maximum absolute atomic E-state index is 13.7. The number of urea groups is 1. The van der Waals surface area contributed by atoms with Gasteiger partial charge in [0.25, 0.3) is 5.91 Å². The number of carbonyl (C=O) groups is 2. The molecule has 1 heterocycles. The summed E-state index contributed by atoms with van der Waals surface area (Å²) in [7, 11) is 1.50. The van der Waals surface area contributed by atoms with E-state index in [2.05, 4.69) is 5.32 Å². The van der Waals surface area contributed by atoms with Gasteiger partial charge in [-0.15, -0.1) is 0 Å². The smallest absolute Gasteiger partial charge is 0.329 e. The average molecular weight is 361 g/mol. The molecule has 1 aliphatic heterocycles. The number of benzene rings is 2. The molecule has 1 aliphatic rings. The van der Waals surface area contributed by atoms with Gasteiger partial charge in [0.05, 0.1) is 18.7 Å². The Morgan fingerprint density at radius 2 is 2.00 bits per heavy atom. The number of carbonyl (C=O) groups excluding carboxylic acids is 2. The molecular weight excluding hydrogens is 347 g/mol. The van der Waals surface area contributed by atoms with Crippen LogP contribution in [0.3, 0.4) is 0 Å². The van der Waals surface area contributed by atoms with E-state index in [-0.39, 0.29) is 17.8 Å². The van der Waals surface area contributed by atoms with E-state index in [9.17, 15) is 14.0 Å². The predicted molar refractivity (Wildman–Crippen MR) is 91.5 cm³/mol. The first kappa shape index (κ1) is 17.0. The van der Waals surface area contributed by atoms with Crippen LogP contribution in [0.5, 0.6) is 5.75 Å². The Balaban J connectivity index is 1.83. The number of rotatable bonds is 4. The van der Waals surface area contributed by atoms with E-state index in [1.165, 1.54) is 25.3 Å². The Kier molecular flexibility index (Phi) is 4.72. The van der Waals surface area contributed by atoms with Gasteiger partial charge in [-0.2, -0.15) is 0 Å². The minimum atomic E-state index is -0.598. The summed E-state index contributed by atoms with van der Waals surface area (Å²) < 4.78 is 18.8. The molecular formula is C18H14ClFN2O3. The second-order valence-corrected chi connectivity index (χ2v) is 5.77. The average Bonchev–Trinajstić information content (AvgIpc) is 2.84. The highest BCUT2D eigenvalue weighted by Crippen LogP contribution is 2.26. The number of imide groups is 1. The van der Waals surface area contributed by atoms with Crippen molar-refractivity contribution in [2.75, 3.05) is 7.11 Å². The second-order valence-electron chi connectivity index (χ2n) is 5.36. The SMILES string of the molecule is COc1ccc(C=C2NC(=O)N(Cc3ccccc3F)C2=O)cc1Cl. The molecule has 1 saturated heterocycles. The summed E-state index contributed by atoms with van der Waals surface area (Å²) in [6.07, 6.45) is 1.51. The highest BCUT2D eigenvalue weighted by atomic mass is 35.5. The van der Waals surface area contributed by atoms with E-state index in [0.29, 0.717) is 16.3 Å². The van der Waals surface area contributed by atoms with E-state index >= 15 is 0 Å². The Morgan fingerprint density at radius 3 is 2.68 bits per heavy atom. The van der Waals surface area contributed by atoms with Crippen LogP contribution in [0, 0.1) is 5.82 Å². The van der Waals surface area contributed by atoms with Crippen molar-refractivity contribution in [3.63, 3.8) is 0 Å². The number of methoxy groups -OCH3 is 1. The molecule has 2 aromatic carbocycles. The molecule has 2 aromatic rings. The molecule has 1 N–H and O–H groups in total. The third-order valence-corrected chi connectivity index (χ3v) is 4.03. The number of nitrogens with zero attached hydrogens (tertiary/aromatic N) is 1. The molecule has 1 fully saturated rings. The summed E-state index contributed by atoms with van der Waals surface area (Å²) in [5, 5.41) is 2.88. The van der Waals surface area contributed by atoms with Gasteiger partial charge in [-0.05, 0) is 29.8 Å². The highest BCUT2D eigenvalue weighted by molar-refractivity contribution is 6.32. The molecule has 25 heavy (non-hydrogen) atoms. The first-order valence-electron chi connectivity index (χ1n) is 7.41. The molecule has 128 valence electrons. The largest absolute Gasteiger partial charge is 0.495 e. The molecule has 0 aromatic heterocycles. The highest BCUT2D eigenvalue weighted by Gasteiger charge is 2.33. The normalized spacial score (nSPS) is 15.6. The first-order chi connectivity index (χ1) is 12.0. The zero-order chi connectivity index (χ0) is 18.0. The molecule has 3 rings (SSSR count). The predicted octanol–water partition coefficient (Wildman–Crippen LogP) is 3.58. The summed E-state index contributed by atoms with van der Waals surface area (Å²) in [5.41, 5.74) is 0.990. The molecule has 3 amide bonds. The zero-order valence-corrected chi connectivity index (χ0v) is 14.0. The van der Waals surface area contributed by atoms with Crippen LogP contribution >= 0.6 is 11.6 Å². The van der Waals surface area contributed by atoms with Crippen LogP contribution in [-0.2, 0) is 11.3 Å². The van der Waals surface area contributed by atoms with Crippen molar-refractivity contribution in [2.24, 2.45) is 0 Å². The van der Waals surface area contributed by atoms with E-state index in [4.69, 9.17) is 16.3 Å². The lowest BCUT2D eigenvalue weighted by molar-refractivity contribution is -0.123. The van der Waals surface area contributed by atoms with Crippen LogP contribution in [0.25, 0.3) is 6.08 Å². The summed E-state index contributed by atoms with van der Waals surface area (Å²) in [5.74, 6) is -0.491. The van der Waals surface area contributed by atoms with Crippen molar-refractivity contribution in [3.05, 3.63) is 70.1 Å². The molecule has 0 atom stereocenters. The lowest BCUT2D eigenvalue weighted by Gasteiger charge is -2.12. The van der Waals surface area contributed by atoms with Gasteiger partial charge in [-0.1, -0.05) is 35.9 Å². The van der Waals surface area contributed by atoms with E-state index < -0.39 is 17.8 Å². The number of halogens is 2. The Bertz CT molecular complexity index is 882. The van der Waals surface area contributed by atoms with Gasteiger partial charge in [0, 0.05) is 5.56 Å². The summed E-state index contributed by atoms with van der Waals surface area (Å²) in [6, 6.07) is 10.4. The van der Waals surface area contributed by atoms with Gasteiger partial charge in [0.15, 0.2) is 0 Å². The summed E-state index contributed by atoms with van der Waals surface area (Å²) >= 11 is 6.05. The monoisotopic (exact) mass is 360 g/mol. The third kappa shape index (κ3) is 3.49. The quantitative estimate of drug-likeness (QED) is 0.669. The van der Waals surface area contributed by atoms with Crippen LogP contribution in [0.1, 0.15) is 11.1 Å². The molecule has 0 spiro atoms. The van der Waals surface area contributed by atoms with Gasteiger partial charge in [-0.3, -0.25) is 9.69 Å². The van der Waals surface area contributed by atoms with Gasteiger partial charge >= 0.3 is 6.03 Å². The Labute approximate surface area is 148 Å². The molecule has 0 unspecified atom stereocenters. The fraction of sp³-hybridized carbons (Fsp3) is 0.111. The van der Waals surface area contributed by atoms with Gasteiger partial charge in [0.1, 0.15) is 17.3 Å². The lowest BCUT2D eigenvalue weighted by Crippen LogP contribution is -2.30. The fourth-order valence-corrected chi connectivity index (χ4v) is 2.72. The fourth-order valence-electron chi connectivity index (χ4n) is 2.45. The molecule has 0 saturated carbocycles. The standard InChI is InChI=1S/C18H14ClFN2O3/c1-25-16-7-6-11(8-13(16)19)9-15-17(23)22(18(24)21-15)10-12-4-2-3-5-14(12)20/h2-9H,10H2,1H3,(H,21,24). The van der Waals surface area contributed by atoms with E-state index in [1.54, 1.807) is 30.3 Å². The van der Waals surface area contributed by atoms with Crippen LogP contribution in [0.2, 0.25) is 5.02 Å². The molecule has 7 heteroatoms. The van der Waals surface area contributed by atoms with Crippen LogP contribution in [0.15, 0.2) is 48.2 Å². The zero-order valence-electron chi connectivity index (χ0n) is 13.3. The molecule has 5 nitrogen and oxygen atoms in total. The molecule has 0 aliphatic carbocycles. The van der Waals surface area contributed by atoms with E-state index in [1.807, 2.05) is 0 Å². The third-order valence-electron chi connectivity index (χ3n) is 3.74. The lowest BCUT2D eigenvalue weighted by atomic mass is 10.1. The summed E-state index contributed by atoms with van der Waals surface area (Å²) in [4.78, 5) is 25.4. The maximum atomic E-state index is 13.7. The molecule has 0 bridgehead atoms. The van der Waals surface area contributed by atoms with Crippen LogP contribution < -0.4 is 10.1 Å². The minimum Gasteiger partial charge on any atom is -0.495 e. The first-order valence-corrected chi connectivity index (χ1v) is 7.79. The van der Waals surface area contributed by atoms with Crippen molar-refractivity contribution in [3.8, 4) is 5.75 Å². The second kappa shape index (κ2) is 6.94. The van der Waals surface area contributed by atoms with Crippen molar-refractivity contribution in [1.82, 2.24) is 10.2 Å². The Morgan fingerprint density at radius 1 is 1.24 bits per heavy atom. The van der Waals surface area contributed by atoms with E-state index in [0.717, 1.165) is 4.90 Å². The van der Waals surface area contributed by atoms with Crippen molar-refractivity contribution in [2.45, 2.75) is 6.54 Å². The van der Waals surface area contributed by atoms with Crippen LogP contribution in [0.4, 0.5) is 9.18 Å². The topological polar surface area (TPSA) is 58.6 Å². The summed E-state index contributed by atoms with van der Waals surface area (Å²) in [6.45, 7) is -0.141. The van der Waals surface area contributed by atoms with Gasteiger partial charge in [-0.25, -0.2) is 9.18 Å². The van der Waals surface area contributed by atoms with Gasteiger partial charge < -0.3 is 10.1 Å². The minimum absolute atomic E-state index is 0.0996. The van der Waals surface area contributed by atoms with Crippen molar-refractivity contribution < 1.29 is 18.7 Å². The number of hydrogen-bond acceptors (Lipinski definition) is 3. The Hall–Kier alpha value is -2.86.